The molecule has 1 aromatic rings. The maximum Gasteiger partial charge on any atom is 0.246 e. The van der Waals surface area contributed by atoms with Crippen molar-refractivity contribution < 1.29 is 28.5 Å². The highest BCUT2D eigenvalue weighted by molar-refractivity contribution is 5.77. The Balaban J connectivity index is 2.75. The number of nitrogens with one attached hydrogen (secondary N) is 1. The Morgan fingerprint density at radius 1 is 1.04 bits per heavy atom. The molecule has 0 bridgehead atoms. The molecule has 0 saturated carbocycles. The van der Waals surface area contributed by atoms with Gasteiger partial charge in [-0.25, -0.2) is 0 Å². The van der Waals surface area contributed by atoms with Gasteiger partial charge >= 0.3 is 0 Å². The van der Waals surface area contributed by atoms with Crippen LogP contribution in [0.1, 0.15) is 18.5 Å². The number of amides is 1. The second-order valence-corrected chi connectivity index (χ2v) is 4.79. The van der Waals surface area contributed by atoms with Crippen LogP contribution < -0.4 is 19.5 Å². The number of methoxy groups -OCH3 is 4. The summed E-state index contributed by atoms with van der Waals surface area (Å²) in [5.41, 5.74) is 0.838. The summed E-state index contributed by atoms with van der Waals surface area (Å²) in [4.78, 5) is 11.9. The number of carbonyl (C=O) groups excluding carboxylic acids is 1. The molecule has 0 aliphatic carbocycles. The first-order valence-corrected chi connectivity index (χ1v) is 7.23. The van der Waals surface area contributed by atoms with Gasteiger partial charge in [0.15, 0.2) is 11.5 Å². The van der Waals surface area contributed by atoms with Crippen LogP contribution in [0.25, 0.3) is 0 Å². The average molecular weight is 327 g/mol. The van der Waals surface area contributed by atoms with E-state index in [1.807, 2.05) is 6.92 Å². The van der Waals surface area contributed by atoms with Crippen LogP contribution in [0, 0.1) is 0 Å². The predicted molar refractivity (Wildman–Crippen MR) is 85.4 cm³/mol. The molecule has 0 heterocycles. The highest BCUT2D eigenvalue weighted by Crippen LogP contribution is 2.39. The third-order valence-electron chi connectivity index (χ3n) is 3.23. The second kappa shape index (κ2) is 9.91. The van der Waals surface area contributed by atoms with Gasteiger partial charge in [-0.1, -0.05) is 0 Å². The van der Waals surface area contributed by atoms with Crippen molar-refractivity contribution >= 4 is 5.91 Å². The summed E-state index contributed by atoms with van der Waals surface area (Å²) >= 11 is 0. The third kappa shape index (κ3) is 5.61. The monoisotopic (exact) mass is 327 g/mol. The topological polar surface area (TPSA) is 75.3 Å². The van der Waals surface area contributed by atoms with Crippen molar-refractivity contribution in [3.8, 4) is 17.2 Å². The molecule has 1 N–H and O–H groups in total. The lowest BCUT2D eigenvalue weighted by Gasteiger charge is -2.18. The first kappa shape index (κ1) is 19.1. The Labute approximate surface area is 136 Å². The zero-order chi connectivity index (χ0) is 17.2. The number of rotatable bonds is 10. The first-order chi connectivity index (χ1) is 11.1. The zero-order valence-corrected chi connectivity index (χ0v) is 14.3. The summed E-state index contributed by atoms with van der Waals surface area (Å²) in [5.74, 6) is 1.39. The number of hydrogen-bond donors (Lipinski definition) is 1. The molecule has 0 unspecified atom stereocenters. The molecule has 0 aromatic heterocycles. The van der Waals surface area contributed by atoms with Crippen LogP contribution in [0.5, 0.6) is 17.2 Å². The van der Waals surface area contributed by atoms with Gasteiger partial charge in [-0.15, -0.1) is 0 Å². The predicted octanol–water partition coefficient (Wildman–Crippen LogP) is 1.55. The van der Waals surface area contributed by atoms with E-state index in [2.05, 4.69) is 5.32 Å². The van der Waals surface area contributed by atoms with E-state index in [9.17, 15) is 4.79 Å². The van der Waals surface area contributed by atoms with Gasteiger partial charge in [0.25, 0.3) is 0 Å². The fourth-order valence-electron chi connectivity index (χ4n) is 2.02. The Kier molecular flexibility index (Phi) is 8.21. The molecule has 0 saturated heterocycles. The lowest BCUT2D eigenvalue weighted by Crippen LogP contribution is -2.30. The minimum absolute atomic E-state index is 0.0157. The van der Waals surface area contributed by atoms with E-state index < -0.39 is 0 Å². The van der Waals surface area contributed by atoms with Crippen LogP contribution >= 0.6 is 0 Å². The van der Waals surface area contributed by atoms with Crippen molar-refractivity contribution in [1.29, 1.82) is 0 Å². The molecule has 1 atom stereocenters. The smallest absolute Gasteiger partial charge is 0.246 e. The minimum atomic E-state index is -0.234. The fourth-order valence-corrected chi connectivity index (χ4v) is 2.02. The molecule has 23 heavy (non-hydrogen) atoms. The van der Waals surface area contributed by atoms with Gasteiger partial charge in [-0.3, -0.25) is 4.79 Å². The van der Waals surface area contributed by atoms with Crippen LogP contribution in [0.2, 0.25) is 0 Å². The largest absolute Gasteiger partial charge is 0.493 e. The maximum atomic E-state index is 11.9. The number of ether oxygens (including phenoxy) is 5. The SMILES string of the molecule is COCCOCC(=O)N[C@H](C)c1cc(OC)c(OC)c(OC)c1. The Bertz CT molecular complexity index is 480. The van der Waals surface area contributed by atoms with E-state index in [1.54, 1.807) is 40.6 Å². The van der Waals surface area contributed by atoms with Crippen LogP contribution in [0.15, 0.2) is 12.1 Å². The van der Waals surface area contributed by atoms with E-state index >= 15 is 0 Å². The Morgan fingerprint density at radius 2 is 1.65 bits per heavy atom. The second-order valence-electron chi connectivity index (χ2n) is 4.79. The highest BCUT2D eigenvalue weighted by Gasteiger charge is 2.17. The molecule has 130 valence electrons. The lowest BCUT2D eigenvalue weighted by atomic mass is 10.1. The summed E-state index contributed by atoms with van der Waals surface area (Å²) in [7, 11) is 6.22. The van der Waals surface area contributed by atoms with E-state index in [1.165, 1.54) is 0 Å². The molecule has 0 aliphatic rings. The van der Waals surface area contributed by atoms with Gasteiger partial charge in [0.2, 0.25) is 11.7 Å². The molecule has 0 fully saturated rings. The average Bonchev–Trinajstić information content (AvgIpc) is 2.57. The summed E-state index contributed by atoms with van der Waals surface area (Å²) in [6, 6.07) is 3.37. The van der Waals surface area contributed by atoms with Gasteiger partial charge < -0.3 is 29.0 Å². The van der Waals surface area contributed by atoms with Crippen molar-refractivity contribution in [3.63, 3.8) is 0 Å². The highest BCUT2D eigenvalue weighted by atomic mass is 16.5. The summed E-state index contributed by atoms with van der Waals surface area (Å²) in [6.07, 6.45) is 0. The molecule has 1 rings (SSSR count). The van der Waals surface area contributed by atoms with E-state index in [4.69, 9.17) is 23.7 Å². The Hall–Kier alpha value is -1.99. The van der Waals surface area contributed by atoms with Gasteiger partial charge in [-0.05, 0) is 24.6 Å². The normalized spacial score (nSPS) is 11.7. The molecule has 0 radical (unpaired) electrons. The summed E-state index contributed by atoms with van der Waals surface area (Å²) in [5, 5.41) is 2.86. The van der Waals surface area contributed by atoms with E-state index in [-0.39, 0.29) is 18.6 Å². The third-order valence-corrected chi connectivity index (χ3v) is 3.23. The van der Waals surface area contributed by atoms with E-state index in [0.29, 0.717) is 30.5 Å². The van der Waals surface area contributed by atoms with Crippen LogP contribution in [-0.2, 0) is 14.3 Å². The van der Waals surface area contributed by atoms with Crippen molar-refractivity contribution in [1.82, 2.24) is 5.32 Å². The quantitative estimate of drug-likeness (QED) is 0.657. The van der Waals surface area contributed by atoms with Crippen LogP contribution in [-0.4, -0.2) is 54.2 Å². The molecule has 0 aliphatic heterocycles. The first-order valence-electron chi connectivity index (χ1n) is 7.23. The van der Waals surface area contributed by atoms with Crippen LogP contribution in [0.3, 0.4) is 0 Å². The van der Waals surface area contributed by atoms with Crippen molar-refractivity contribution in [2.75, 3.05) is 48.3 Å². The van der Waals surface area contributed by atoms with E-state index in [0.717, 1.165) is 5.56 Å². The fraction of sp³-hybridized carbons (Fsp3) is 0.562. The maximum absolute atomic E-state index is 11.9. The van der Waals surface area contributed by atoms with Gasteiger partial charge in [0, 0.05) is 7.11 Å². The molecule has 7 nitrogen and oxygen atoms in total. The number of carbonyl (C=O) groups is 1. The summed E-state index contributed by atoms with van der Waals surface area (Å²) < 4.78 is 25.9. The van der Waals surface area contributed by atoms with Crippen LogP contribution in [0.4, 0.5) is 0 Å². The standard InChI is InChI=1S/C16H25NO6/c1-11(17-15(18)10-23-7-6-19-2)12-8-13(20-3)16(22-5)14(9-12)21-4/h8-9,11H,6-7,10H2,1-5H3,(H,17,18)/t11-/m1/s1. The summed E-state index contributed by atoms with van der Waals surface area (Å²) in [6.45, 7) is 2.68. The molecular weight excluding hydrogens is 302 g/mol. The molecular formula is C16H25NO6. The Morgan fingerprint density at radius 3 is 2.13 bits per heavy atom. The van der Waals surface area contributed by atoms with Gasteiger partial charge in [-0.2, -0.15) is 0 Å². The molecule has 1 aromatic carbocycles. The number of benzene rings is 1. The van der Waals surface area contributed by atoms with Gasteiger partial charge in [0.05, 0.1) is 40.6 Å². The number of hydrogen-bond acceptors (Lipinski definition) is 6. The van der Waals surface area contributed by atoms with Crippen molar-refractivity contribution in [2.24, 2.45) is 0 Å². The molecule has 7 heteroatoms. The molecule has 1 amide bonds. The zero-order valence-electron chi connectivity index (χ0n) is 14.3. The van der Waals surface area contributed by atoms with Crippen molar-refractivity contribution in [2.45, 2.75) is 13.0 Å². The van der Waals surface area contributed by atoms with Gasteiger partial charge in [0.1, 0.15) is 6.61 Å². The van der Waals surface area contributed by atoms with Crippen molar-refractivity contribution in [3.05, 3.63) is 17.7 Å². The molecule has 0 spiro atoms. The minimum Gasteiger partial charge on any atom is -0.493 e. The lowest BCUT2D eigenvalue weighted by molar-refractivity contribution is -0.126.